The third-order valence-electron chi connectivity index (χ3n) is 7.29. The number of halogens is 3. The summed E-state index contributed by atoms with van der Waals surface area (Å²) in [5.41, 5.74) is 1.91. The Morgan fingerprint density at radius 2 is 1.65 bits per heavy atom. The Bertz CT molecular complexity index is 1190. The number of fused-ring (bicyclic) bond motifs is 1. The Hall–Kier alpha value is -3.28. The van der Waals surface area contributed by atoms with Gasteiger partial charge in [-0.25, -0.2) is 13.2 Å². The molecular weight excluding hydrogens is 439 g/mol. The Labute approximate surface area is 196 Å². The number of hydrogen-bond acceptors (Lipinski definition) is 3. The molecule has 0 unspecified atom stereocenters. The number of carbonyl (C=O) groups is 1. The predicted octanol–water partition coefficient (Wildman–Crippen LogP) is 6.36. The number of nitrogens with zero attached hydrogens (tertiary/aromatic N) is 1. The number of alkyl halides is 2. The van der Waals surface area contributed by atoms with Crippen LogP contribution >= 0.6 is 0 Å². The lowest BCUT2D eigenvalue weighted by Gasteiger charge is -2.39. The van der Waals surface area contributed by atoms with Crippen molar-refractivity contribution >= 4 is 12.0 Å². The molecule has 5 rings (SSSR count). The smallest absolute Gasteiger partial charge is 0.274 e. The van der Waals surface area contributed by atoms with Crippen LogP contribution in [0.1, 0.15) is 53.4 Å². The summed E-state index contributed by atoms with van der Waals surface area (Å²) in [7, 11) is 0. The highest BCUT2D eigenvalue weighted by Gasteiger charge is 2.47. The van der Waals surface area contributed by atoms with Crippen LogP contribution in [0, 0.1) is 11.7 Å². The first-order valence-corrected chi connectivity index (χ1v) is 11.6. The molecule has 2 aliphatic rings. The van der Waals surface area contributed by atoms with Crippen LogP contribution in [0.3, 0.4) is 0 Å². The zero-order valence-corrected chi connectivity index (χ0v) is 18.6. The Morgan fingerprint density at radius 3 is 2.32 bits per heavy atom. The van der Waals surface area contributed by atoms with Crippen molar-refractivity contribution in [2.45, 2.75) is 37.0 Å². The number of aromatic hydroxyl groups is 1. The fourth-order valence-electron chi connectivity index (χ4n) is 5.51. The van der Waals surface area contributed by atoms with Crippen LogP contribution in [0.2, 0.25) is 0 Å². The molecule has 1 saturated heterocycles. The average molecular weight is 466 g/mol. The number of hydrogen-bond donors (Lipinski definition) is 1. The quantitative estimate of drug-likeness (QED) is 0.456. The molecule has 34 heavy (non-hydrogen) atoms. The minimum Gasteiger partial charge on any atom is -0.508 e. The van der Waals surface area contributed by atoms with E-state index in [1.165, 1.54) is 18.2 Å². The fraction of sp³-hybridized carbons (Fsp3) is 0.321. The van der Waals surface area contributed by atoms with Crippen LogP contribution in [-0.4, -0.2) is 24.5 Å². The second-order valence-electron chi connectivity index (χ2n) is 9.34. The van der Waals surface area contributed by atoms with Gasteiger partial charge in [0.05, 0.1) is 0 Å². The first-order chi connectivity index (χ1) is 16.4. The summed E-state index contributed by atoms with van der Waals surface area (Å²) in [6.07, 6.45) is 1.98. The van der Waals surface area contributed by atoms with E-state index in [-0.39, 0.29) is 17.2 Å². The molecule has 1 aliphatic heterocycles. The zero-order chi connectivity index (χ0) is 23.9. The molecule has 0 bridgehead atoms. The molecule has 3 nitrogen and oxygen atoms in total. The van der Waals surface area contributed by atoms with Crippen LogP contribution in [0.5, 0.6) is 5.75 Å². The van der Waals surface area contributed by atoms with E-state index in [9.17, 15) is 9.90 Å². The van der Waals surface area contributed by atoms with Crippen molar-refractivity contribution in [2.24, 2.45) is 5.92 Å². The largest absolute Gasteiger partial charge is 0.508 e. The van der Waals surface area contributed by atoms with Gasteiger partial charge < -0.3 is 14.8 Å². The molecule has 1 heterocycles. The van der Waals surface area contributed by atoms with E-state index in [0.717, 1.165) is 36.4 Å². The highest BCUT2D eigenvalue weighted by atomic mass is 19.3. The van der Waals surface area contributed by atoms with Gasteiger partial charge in [0.1, 0.15) is 17.9 Å². The number of aldehydes is 1. The van der Waals surface area contributed by atoms with Gasteiger partial charge in [-0.1, -0.05) is 42.5 Å². The zero-order valence-electron chi connectivity index (χ0n) is 18.6. The second-order valence-corrected chi connectivity index (χ2v) is 9.34. The van der Waals surface area contributed by atoms with Crippen LogP contribution in [-0.2, 0) is 10.7 Å². The van der Waals surface area contributed by atoms with Gasteiger partial charge in [-0.05, 0) is 53.8 Å². The molecule has 176 valence electrons. The minimum absolute atomic E-state index is 0.0452. The normalized spacial score (nSPS) is 22.3. The Morgan fingerprint density at radius 1 is 0.941 bits per heavy atom. The molecule has 6 heteroatoms. The molecule has 0 amide bonds. The summed E-state index contributed by atoms with van der Waals surface area (Å²) < 4.78 is 46.1. The van der Waals surface area contributed by atoms with Crippen molar-refractivity contribution in [2.75, 3.05) is 18.0 Å². The Balaban J connectivity index is 1.58. The molecule has 3 aromatic rings. The highest BCUT2D eigenvalue weighted by molar-refractivity contribution is 5.57. The monoisotopic (exact) mass is 465 g/mol. The van der Waals surface area contributed by atoms with Gasteiger partial charge in [0.2, 0.25) is 0 Å². The van der Waals surface area contributed by atoms with Crippen molar-refractivity contribution < 1.29 is 23.1 Å². The van der Waals surface area contributed by atoms with Crippen LogP contribution in [0.15, 0.2) is 66.7 Å². The summed E-state index contributed by atoms with van der Waals surface area (Å²) in [5, 5.41) is 9.90. The number of carbonyl (C=O) groups excluding carboxylic acids is 1. The molecule has 2 atom stereocenters. The topological polar surface area (TPSA) is 40.5 Å². The lowest BCUT2D eigenvalue weighted by atomic mass is 9.67. The third-order valence-corrected chi connectivity index (χ3v) is 7.29. The van der Waals surface area contributed by atoms with Crippen molar-refractivity contribution in [3.8, 4) is 5.75 Å². The van der Waals surface area contributed by atoms with E-state index in [4.69, 9.17) is 0 Å². The van der Waals surface area contributed by atoms with E-state index in [2.05, 4.69) is 4.90 Å². The molecule has 1 fully saturated rings. The van der Waals surface area contributed by atoms with Crippen molar-refractivity contribution in [1.29, 1.82) is 0 Å². The fourth-order valence-corrected chi connectivity index (χ4v) is 5.51. The first kappa shape index (κ1) is 22.5. The van der Waals surface area contributed by atoms with Crippen LogP contribution < -0.4 is 4.90 Å². The van der Waals surface area contributed by atoms with E-state index in [0.29, 0.717) is 24.2 Å². The summed E-state index contributed by atoms with van der Waals surface area (Å²) in [5.74, 6) is -5.02. The summed E-state index contributed by atoms with van der Waals surface area (Å²) >= 11 is 0. The molecule has 0 radical (unpaired) electrons. The standard InChI is InChI=1S/C28H26F3NO2/c29-26-14-20(32-12-10-18(17-33)11-13-32)6-8-23(26)27-22-9-7-21(34)15-25(22)28(30,31)16-24(27)19-4-2-1-3-5-19/h1-9,14-15,17-18,24,27,34H,10-13,16H2/t24-,27+/m1/s1. The molecular formula is C28H26F3NO2. The van der Waals surface area contributed by atoms with Gasteiger partial charge in [-0.3, -0.25) is 0 Å². The summed E-state index contributed by atoms with van der Waals surface area (Å²) in [6, 6.07) is 18.1. The van der Waals surface area contributed by atoms with E-state index >= 15 is 13.2 Å². The number of phenols is 1. The molecule has 3 aromatic carbocycles. The molecule has 1 aliphatic carbocycles. The minimum atomic E-state index is -3.15. The first-order valence-electron chi connectivity index (χ1n) is 11.6. The molecule has 1 N–H and O–H groups in total. The maximum Gasteiger partial charge on any atom is 0.274 e. The van der Waals surface area contributed by atoms with Gasteiger partial charge in [0, 0.05) is 48.5 Å². The van der Waals surface area contributed by atoms with Crippen molar-refractivity contribution in [3.63, 3.8) is 0 Å². The van der Waals surface area contributed by atoms with Crippen molar-refractivity contribution in [3.05, 3.63) is 94.8 Å². The van der Waals surface area contributed by atoms with Crippen LogP contribution in [0.4, 0.5) is 18.9 Å². The van der Waals surface area contributed by atoms with Gasteiger partial charge in [-0.15, -0.1) is 0 Å². The average Bonchev–Trinajstić information content (AvgIpc) is 2.85. The molecule has 0 aromatic heterocycles. The summed E-state index contributed by atoms with van der Waals surface area (Å²) in [6.45, 7) is 1.35. The van der Waals surface area contributed by atoms with Gasteiger partial charge >= 0.3 is 0 Å². The number of rotatable bonds is 4. The Kier molecular flexibility index (Phi) is 5.84. The number of anilines is 1. The van der Waals surface area contributed by atoms with E-state index in [1.807, 2.05) is 24.3 Å². The van der Waals surface area contributed by atoms with E-state index in [1.54, 1.807) is 18.2 Å². The number of phenolic OH excluding ortho intramolecular Hbond substituents is 1. The molecule has 0 saturated carbocycles. The van der Waals surface area contributed by atoms with Gasteiger partial charge in [0.15, 0.2) is 0 Å². The lowest BCUT2D eigenvalue weighted by molar-refractivity contribution is -0.111. The maximum absolute atomic E-state index is 15.7. The number of benzene rings is 3. The lowest BCUT2D eigenvalue weighted by Crippen LogP contribution is -2.34. The maximum atomic E-state index is 15.7. The second kappa shape index (κ2) is 8.82. The summed E-state index contributed by atoms with van der Waals surface area (Å²) in [4.78, 5) is 13.1. The van der Waals surface area contributed by atoms with Gasteiger partial charge in [-0.2, -0.15) is 0 Å². The highest BCUT2D eigenvalue weighted by Crippen LogP contribution is 2.55. The third kappa shape index (κ3) is 4.06. The predicted molar refractivity (Wildman–Crippen MR) is 125 cm³/mol. The SMILES string of the molecule is O=CC1CCN(c2ccc([C@@H]3c4ccc(O)cc4C(F)(F)C[C@@H]3c3ccccc3)c(F)c2)CC1. The van der Waals surface area contributed by atoms with Gasteiger partial charge in [0.25, 0.3) is 5.92 Å². The number of piperidine rings is 1. The molecule has 0 spiro atoms. The van der Waals surface area contributed by atoms with Crippen molar-refractivity contribution in [1.82, 2.24) is 0 Å². The van der Waals surface area contributed by atoms with Crippen LogP contribution in [0.25, 0.3) is 0 Å². The van der Waals surface area contributed by atoms with E-state index < -0.39 is 30.0 Å².